The summed E-state index contributed by atoms with van der Waals surface area (Å²) in [6.45, 7) is 0.818. The molecule has 0 amide bonds. The van der Waals surface area contributed by atoms with E-state index in [0.29, 0.717) is 31.5 Å². The fourth-order valence-corrected chi connectivity index (χ4v) is 2.12. The Hall–Kier alpha value is -2.00. The van der Waals surface area contributed by atoms with Crippen LogP contribution in [-0.2, 0) is 4.74 Å². The normalized spacial score (nSPS) is 12.3. The van der Waals surface area contributed by atoms with Gasteiger partial charge in [0.05, 0.1) is 13.2 Å². The number of alkyl halides is 3. The zero-order chi connectivity index (χ0) is 19.4. The Labute approximate surface area is 152 Å². The summed E-state index contributed by atoms with van der Waals surface area (Å²) in [7, 11) is 4.67. The number of anilines is 1. The number of halogens is 3. The van der Waals surface area contributed by atoms with Crippen LogP contribution in [0.4, 0.5) is 18.9 Å². The number of benzene rings is 1. The van der Waals surface area contributed by atoms with E-state index in [-0.39, 0.29) is 6.54 Å². The molecule has 1 aromatic rings. The van der Waals surface area contributed by atoms with Crippen molar-refractivity contribution in [3.63, 3.8) is 0 Å². The fraction of sp³-hybridized carbons (Fsp3) is 0.588. The van der Waals surface area contributed by atoms with Gasteiger partial charge in [0.1, 0.15) is 5.75 Å². The number of aliphatic imine (C=N–C) groups is 1. The SMILES string of the molecule is CN=C(NCCN(C)CC(F)(F)F)Nc1cccc(OCCCOC)c1. The molecule has 148 valence electrons. The van der Waals surface area contributed by atoms with Gasteiger partial charge in [0.2, 0.25) is 0 Å². The van der Waals surface area contributed by atoms with E-state index in [9.17, 15) is 13.2 Å². The van der Waals surface area contributed by atoms with Crippen LogP contribution in [0.15, 0.2) is 29.3 Å². The lowest BCUT2D eigenvalue weighted by Crippen LogP contribution is -2.39. The third kappa shape index (κ3) is 10.1. The molecule has 0 saturated carbocycles. The van der Waals surface area contributed by atoms with Crippen molar-refractivity contribution in [1.82, 2.24) is 10.2 Å². The van der Waals surface area contributed by atoms with E-state index in [1.807, 2.05) is 24.3 Å². The van der Waals surface area contributed by atoms with Gasteiger partial charge in [-0.15, -0.1) is 0 Å². The number of guanidine groups is 1. The average Bonchev–Trinajstić information content (AvgIpc) is 2.56. The fourth-order valence-electron chi connectivity index (χ4n) is 2.12. The molecule has 1 rings (SSSR count). The van der Waals surface area contributed by atoms with Crippen molar-refractivity contribution in [2.45, 2.75) is 12.6 Å². The minimum atomic E-state index is -4.20. The van der Waals surface area contributed by atoms with E-state index in [2.05, 4.69) is 15.6 Å². The number of methoxy groups -OCH3 is 1. The molecule has 0 aliphatic rings. The molecule has 0 radical (unpaired) electrons. The number of hydrogen-bond acceptors (Lipinski definition) is 4. The van der Waals surface area contributed by atoms with Crippen molar-refractivity contribution < 1.29 is 22.6 Å². The predicted octanol–water partition coefficient (Wildman–Crippen LogP) is 2.58. The first-order valence-electron chi connectivity index (χ1n) is 8.29. The highest BCUT2D eigenvalue weighted by Gasteiger charge is 2.28. The molecule has 0 bridgehead atoms. The molecule has 0 aliphatic carbocycles. The molecule has 0 heterocycles. The van der Waals surface area contributed by atoms with Crippen molar-refractivity contribution in [1.29, 1.82) is 0 Å². The molecular weight excluding hydrogens is 349 g/mol. The minimum Gasteiger partial charge on any atom is -0.493 e. The van der Waals surface area contributed by atoms with Crippen molar-refractivity contribution >= 4 is 11.6 Å². The van der Waals surface area contributed by atoms with Gasteiger partial charge in [0.25, 0.3) is 0 Å². The molecule has 0 aromatic heterocycles. The molecule has 2 N–H and O–H groups in total. The Morgan fingerprint density at radius 1 is 1.27 bits per heavy atom. The molecule has 1 aromatic carbocycles. The second-order valence-electron chi connectivity index (χ2n) is 5.70. The summed E-state index contributed by atoms with van der Waals surface area (Å²) >= 11 is 0. The van der Waals surface area contributed by atoms with Crippen LogP contribution in [0.5, 0.6) is 5.75 Å². The van der Waals surface area contributed by atoms with Gasteiger partial charge in [-0.05, 0) is 19.2 Å². The zero-order valence-corrected chi connectivity index (χ0v) is 15.4. The van der Waals surface area contributed by atoms with Crippen LogP contribution >= 0.6 is 0 Å². The summed E-state index contributed by atoms with van der Waals surface area (Å²) < 4.78 is 47.5. The summed E-state index contributed by atoms with van der Waals surface area (Å²) in [5.41, 5.74) is 0.769. The van der Waals surface area contributed by atoms with E-state index >= 15 is 0 Å². The van der Waals surface area contributed by atoms with Crippen LogP contribution in [0.2, 0.25) is 0 Å². The van der Waals surface area contributed by atoms with Crippen LogP contribution in [0.25, 0.3) is 0 Å². The maximum atomic E-state index is 12.3. The molecule has 0 atom stereocenters. The topological polar surface area (TPSA) is 58.1 Å². The number of rotatable bonds is 10. The highest BCUT2D eigenvalue weighted by Crippen LogP contribution is 2.17. The third-order valence-corrected chi connectivity index (χ3v) is 3.32. The second-order valence-corrected chi connectivity index (χ2v) is 5.70. The lowest BCUT2D eigenvalue weighted by molar-refractivity contribution is -0.142. The van der Waals surface area contributed by atoms with Crippen LogP contribution < -0.4 is 15.4 Å². The highest BCUT2D eigenvalue weighted by molar-refractivity contribution is 5.93. The number of nitrogens with one attached hydrogen (secondary N) is 2. The summed E-state index contributed by atoms with van der Waals surface area (Å²) in [5.74, 6) is 1.19. The number of ether oxygens (including phenoxy) is 2. The van der Waals surface area contributed by atoms with Gasteiger partial charge in [-0.2, -0.15) is 13.2 Å². The first-order valence-corrected chi connectivity index (χ1v) is 8.29. The Morgan fingerprint density at radius 2 is 2.04 bits per heavy atom. The largest absolute Gasteiger partial charge is 0.493 e. The van der Waals surface area contributed by atoms with Gasteiger partial charge >= 0.3 is 6.18 Å². The van der Waals surface area contributed by atoms with Crippen LogP contribution in [0.3, 0.4) is 0 Å². The molecule has 0 saturated heterocycles. The van der Waals surface area contributed by atoms with Crippen LogP contribution in [-0.4, -0.2) is 71.1 Å². The Kier molecular flexibility index (Phi) is 9.82. The van der Waals surface area contributed by atoms with Crippen molar-refractivity contribution in [3.8, 4) is 5.75 Å². The standard InChI is InChI=1S/C17H27F3N4O2/c1-21-16(22-8-9-24(2)13-17(18,19)20)23-14-6-4-7-15(12-14)26-11-5-10-25-3/h4,6-7,12H,5,8-11,13H2,1-3H3,(H2,21,22,23). The molecular formula is C17H27F3N4O2. The van der Waals surface area contributed by atoms with Gasteiger partial charge in [0.15, 0.2) is 5.96 Å². The molecule has 9 heteroatoms. The summed E-state index contributed by atoms with van der Waals surface area (Å²) in [4.78, 5) is 5.27. The maximum Gasteiger partial charge on any atom is 0.401 e. The highest BCUT2D eigenvalue weighted by atomic mass is 19.4. The van der Waals surface area contributed by atoms with Crippen molar-refractivity contribution in [2.24, 2.45) is 4.99 Å². The molecule has 0 spiro atoms. The lowest BCUT2D eigenvalue weighted by atomic mass is 10.3. The first kappa shape index (κ1) is 22.0. The Bertz CT molecular complexity index is 553. The Balaban J connectivity index is 2.42. The van der Waals surface area contributed by atoms with Gasteiger partial charge in [0, 0.05) is 52.0 Å². The minimum absolute atomic E-state index is 0.239. The molecule has 6 nitrogen and oxygen atoms in total. The van der Waals surface area contributed by atoms with Crippen molar-refractivity contribution in [2.75, 3.05) is 59.4 Å². The quantitative estimate of drug-likeness (QED) is 0.373. The van der Waals surface area contributed by atoms with Gasteiger partial charge < -0.3 is 20.1 Å². The summed E-state index contributed by atoms with van der Waals surface area (Å²) in [5, 5.41) is 6.07. The van der Waals surface area contributed by atoms with Crippen LogP contribution in [0.1, 0.15) is 6.42 Å². The van der Waals surface area contributed by atoms with Crippen molar-refractivity contribution in [3.05, 3.63) is 24.3 Å². The number of nitrogens with zero attached hydrogens (tertiary/aromatic N) is 2. The first-order chi connectivity index (χ1) is 12.3. The van der Waals surface area contributed by atoms with E-state index in [4.69, 9.17) is 9.47 Å². The lowest BCUT2D eigenvalue weighted by Gasteiger charge is -2.19. The van der Waals surface area contributed by atoms with E-state index in [0.717, 1.165) is 12.1 Å². The zero-order valence-electron chi connectivity index (χ0n) is 15.4. The van der Waals surface area contributed by atoms with E-state index in [1.54, 1.807) is 14.2 Å². The third-order valence-electron chi connectivity index (χ3n) is 3.32. The molecule has 0 unspecified atom stereocenters. The van der Waals surface area contributed by atoms with Gasteiger partial charge in [-0.1, -0.05) is 6.07 Å². The van der Waals surface area contributed by atoms with Gasteiger partial charge in [-0.25, -0.2) is 0 Å². The molecule has 0 fully saturated rings. The monoisotopic (exact) mass is 376 g/mol. The van der Waals surface area contributed by atoms with Gasteiger partial charge in [-0.3, -0.25) is 9.89 Å². The summed E-state index contributed by atoms with van der Waals surface area (Å²) in [6.07, 6.45) is -3.40. The van der Waals surface area contributed by atoms with E-state index in [1.165, 1.54) is 11.9 Å². The molecule has 26 heavy (non-hydrogen) atoms. The number of hydrogen-bond donors (Lipinski definition) is 2. The van der Waals surface area contributed by atoms with Crippen LogP contribution in [0, 0.1) is 0 Å². The average molecular weight is 376 g/mol. The maximum absolute atomic E-state index is 12.3. The predicted molar refractivity (Wildman–Crippen MR) is 97.0 cm³/mol. The smallest absolute Gasteiger partial charge is 0.401 e. The second kappa shape index (κ2) is 11.6. The number of likely N-dealkylation sites (N-methyl/N-ethyl adjacent to an activating group) is 1. The Morgan fingerprint density at radius 3 is 2.69 bits per heavy atom. The van der Waals surface area contributed by atoms with E-state index < -0.39 is 12.7 Å². The molecule has 0 aliphatic heterocycles. The summed E-state index contributed by atoms with van der Waals surface area (Å²) in [6, 6.07) is 7.37.